The first-order valence-corrected chi connectivity index (χ1v) is 5.47. The van der Waals surface area contributed by atoms with Crippen LogP contribution in [0, 0.1) is 0 Å². The zero-order valence-electron chi connectivity index (χ0n) is 6.63. The lowest BCUT2D eigenvalue weighted by atomic mass is 10.1. The maximum Gasteiger partial charge on any atom is 0.0796 e. The number of benzene rings is 1. The average molecular weight is 256 g/mol. The zero-order chi connectivity index (χ0) is 9.59. The summed E-state index contributed by atoms with van der Waals surface area (Å²) in [5.74, 6) is 0. The van der Waals surface area contributed by atoms with Gasteiger partial charge in [-0.05, 0) is 30.4 Å². The number of fused-ring (bicyclic) bond motifs is 1. The Balaban J connectivity index is 2.77. The van der Waals surface area contributed by atoms with Gasteiger partial charge < -0.3 is 0 Å². The van der Waals surface area contributed by atoms with E-state index in [-0.39, 0.29) is 0 Å². The van der Waals surface area contributed by atoms with E-state index in [0.717, 1.165) is 30.4 Å². The summed E-state index contributed by atoms with van der Waals surface area (Å²) in [5, 5.41) is 1.91. The van der Waals surface area contributed by atoms with Crippen LogP contribution in [0.15, 0.2) is 0 Å². The number of halogens is 4. The largest absolute Gasteiger partial charge is 0.0823 e. The Morgan fingerprint density at radius 1 is 0.615 bits per heavy atom. The van der Waals surface area contributed by atoms with Gasteiger partial charge in [0.05, 0.1) is 20.1 Å². The third-order valence-electron chi connectivity index (χ3n) is 2.33. The van der Waals surface area contributed by atoms with Crippen molar-refractivity contribution in [3.63, 3.8) is 0 Å². The molecule has 0 N–H and O–H groups in total. The second kappa shape index (κ2) is 3.51. The molecular weight excluding hydrogens is 250 g/mol. The monoisotopic (exact) mass is 254 g/mol. The molecule has 1 aliphatic carbocycles. The Kier molecular flexibility index (Phi) is 2.68. The Labute approximate surface area is 96.7 Å². The maximum atomic E-state index is 6.04. The molecule has 1 aromatic carbocycles. The molecule has 1 aromatic rings. The van der Waals surface area contributed by atoms with Crippen LogP contribution in [-0.4, -0.2) is 0 Å². The van der Waals surface area contributed by atoms with Crippen molar-refractivity contribution in [2.75, 3.05) is 0 Å². The fourth-order valence-electron chi connectivity index (χ4n) is 1.69. The molecule has 0 atom stereocenters. The zero-order valence-corrected chi connectivity index (χ0v) is 9.66. The Morgan fingerprint density at radius 3 is 1.38 bits per heavy atom. The highest BCUT2D eigenvalue weighted by Crippen LogP contribution is 2.44. The van der Waals surface area contributed by atoms with E-state index in [1.165, 1.54) is 0 Å². The lowest BCUT2D eigenvalue weighted by Crippen LogP contribution is -1.88. The van der Waals surface area contributed by atoms with Gasteiger partial charge in [0.15, 0.2) is 0 Å². The molecule has 0 nitrogen and oxygen atoms in total. The van der Waals surface area contributed by atoms with E-state index >= 15 is 0 Å². The van der Waals surface area contributed by atoms with Gasteiger partial charge in [0.1, 0.15) is 0 Å². The summed E-state index contributed by atoms with van der Waals surface area (Å²) in [4.78, 5) is 0. The molecule has 13 heavy (non-hydrogen) atoms. The smallest absolute Gasteiger partial charge is 0.0796 e. The Morgan fingerprint density at radius 2 is 1.00 bits per heavy atom. The summed E-state index contributed by atoms with van der Waals surface area (Å²) >= 11 is 23.9. The van der Waals surface area contributed by atoms with E-state index in [2.05, 4.69) is 0 Å². The van der Waals surface area contributed by atoms with Crippen LogP contribution in [-0.2, 0) is 12.8 Å². The molecule has 0 aliphatic heterocycles. The summed E-state index contributed by atoms with van der Waals surface area (Å²) < 4.78 is 0. The van der Waals surface area contributed by atoms with Crippen molar-refractivity contribution < 1.29 is 0 Å². The molecule has 1 aliphatic rings. The Bertz CT molecular complexity index is 336. The second-order valence-corrected chi connectivity index (χ2v) is 4.58. The molecule has 0 amide bonds. The molecule has 0 spiro atoms. The molecule has 0 radical (unpaired) electrons. The van der Waals surface area contributed by atoms with Crippen LogP contribution in [0.25, 0.3) is 0 Å². The summed E-state index contributed by atoms with van der Waals surface area (Å²) in [6.07, 6.45) is 2.97. The van der Waals surface area contributed by atoms with Crippen molar-refractivity contribution in [1.82, 2.24) is 0 Å². The predicted octanol–water partition coefficient (Wildman–Crippen LogP) is 4.79. The fourth-order valence-corrected chi connectivity index (χ4v) is 2.81. The molecule has 4 heteroatoms. The third-order valence-corrected chi connectivity index (χ3v) is 4.21. The van der Waals surface area contributed by atoms with E-state index in [1.807, 2.05) is 0 Å². The predicted molar refractivity (Wildman–Crippen MR) is 58.5 cm³/mol. The lowest BCUT2D eigenvalue weighted by molar-refractivity contribution is 0.912. The van der Waals surface area contributed by atoms with Gasteiger partial charge in [-0.2, -0.15) is 0 Å². The van der Waals surface area contributed by atoms with E-state index < -0.39 is 0 Å². The van der Waals surface area contributed by atoms with Gasteiger partial charge in [0.25, 0.3) is 0 Å². The molecule has 0 aromatic heterocycles. The van der Waals surface area contributed by atoms with E-state index in [0.29, 0.717) is 20.1 Å². The van der Waals surface area contributed by atoms with Crippen molar-refractivity contribution >= 4 is 46.4 Å². The van der Waals surface area contributed by atoms with Gasteiger partial charge in [-0.25, -0.2) is 0 Å². The first kappa shape index (κ1) is 9.92. The van der Waals surface area contributed by atoms with Crippen molar-refractivity contribution in [2.24, 2.45) is 0 Å². The van der Waals surface area contributed by atoms with E-state index in [4.69, 9.17) is 46.4 Å². The van der Waals surface area contributed by atoms with Gasteiger partial charge in [-0.1, -0.05) is 46.4 Å². The molecule has 0 saturated heterocycles. The number of hydrogen-bond acceptors (Lipinski definition) is 0. The molecule has 2 rings (SSSR count). The minimum absolute atomic E-state index is 0.383. The minimum atomic E-state index is 0.383. The third kappa shape index (κ3) is 1.45. The Hall–Kier alpha value is 0.380. The van der Waals surface area contributed by atoms with Crippen molar-refractivity contribution in [1.29, 1.82) is 0 Å². The quantitative estimate of drug-likeness (QED) is 0.462. The number of rotatable bonds is 0. The highest BCUT2D eigenvalue weighted by atomic mass is 35.5. The van der Waals surface area contributed by atoms with Crippen molar-refractivity contribution in [2.45, 2.75) is 19.3 Å². The van der Waals surface area contributed by atoms with Crippen molar-refractivity contribution in [3.05, 3.63) is 31.2 Å². The summed E-state index contributed by atoms with van der Waals surface area (Å²) in [5.41, 5.74) is 2.14. The van der Waals surface area contributed by atoms with Crippen molar-refractivity contribution in [3.8, 4) is 0 Å². The summed E-state index contributed by atoms with van der Waals surface area (Å²) in [6, 6.07) is 0. The first-order valence-electron chi connectivity index (χ1n) is 3.96. The normalized spacial score (nSPS) is 14.8. The van der Waals surface area contributed by atoms with E-state index in [9.17, 15) is 0 Å². The maximum absolute atomic E-state index is 6.04. The minimum Gasteiger partial charge on any atom is -0.0823 e. The van der Waals surface area contributed by atoms with Crippen LogP contribution in [0.2, 0.25) is 20.1 Å². The van der Waals surface area contributed by atoms with Crippen LogP contribution < -0.4 is 0 Å². The fraction of sp³-hybridized carbons (Fsp3) is 0.333. The molecule has 0 bridgehead atoms. The van der Waals surface area contributed by atoms with Gasteiger partial charge in [-0.3, -0.25) is 0 Å². The molecule has 0 unspecified atom stereocenters. The van der Waals surface area contributed by atoms with Gasteiger partial charge in [0, 0.05) is 0 Å². The topological polar surface area (TPSA) is 0 Å². The summed E-state index contributed by atoms with van der Waals surface area (Å²) in [7, 11) is 0. The SMILES string of the molecule is Clc1c(Cl)c(Cl)c2c(c1Cl)CCC2. The van der Waals surface area contributed by atoms with Gasteiger partial charge >= 0.3 is 0 Å². The average Bonchev–Trinajstić information content (AvgIpc) is 2.59. The molecule has 0 saturated carbocycles. The second-order valence-electron chi connectivity index (χ2n) is 3.07. The highest BCUT2D eigenvalue weighted by molar-refractivity contribution is 6.52. The molecule has 0 fully saturated rings. The first-order chi connectivity index (χ1) is 6.13. The van der Waals surface area contributed by atoms with Gasteiger partial charge in [0.2, 0.25) is 0 Å². The molecule has 0 heterocycles. The van der Waals surface area contributed by atoms with Crippen LogP contribution in [0.3, 0.4) is 0 Å². The standard InChI is InChI=1S/C9H6Cl4/c10-6-4-2-1-3-5(4)7(11)9(13)8(6)12/h1-3H2. The van der Waals surface area contributed by atoms with E-state index in [1.54, 1.807) is 0 Å². The number of hydrogen-bond donors (Lipinski definition) is 0. The highest BCUT2D eigenvalue weighted by Gasteiger charge is 2.23. The summed E-state index contributed by atoms with van der Waals surface area (Å²) in [6.45, 7) is 0. The van der Waals surface area contributed by atoms with Gasteiger partial charge in [-0.15, -0.1) is 0 Å². The van der Waals surface area contributed by atoms with Crippen LogP contribution >= 0.6 is 46.4 Å². The molecular formula is C9H6Cl4. The van der Waals surface area contributed by atoms with Crippen LogP contribution in [0.5, 0.6) is 0 Å². The van der Waals surface area contributed by atoms with Crippen LogP contribution in [0.1, 0.15) is 17.5 Å². The lowest BCUT2D eigenvalue weighted by Gasteiger charge is -2.09. The molecule has 70 valence electrons. The van der Waals surface area contributed by atoms with Crippen LogP contribution in [0.4, 0.5) is 0 Å².